The van der Waals surface area contributed by atoms with Crippen molar-refractivity contribution in [2.24, 2.45) is 0 Å². The van der Waals surface area contributed by atoms with Crippen molar-refractivity contribution in [3.05, 3.63) is 68.7 Å². The van der Waals surface area contributed by atoms with Gasteiger partial charge in [-0.1, -0.05) is 11.6 Å². The summed E-state index contributed by atoms with van der Waals surface area (Å²) in [6.45, 7) is 1.57. The van der Waals surface area contributed by atoms with Gasteiger partial charge in [-0.05, 0) is 49.2 Å². The van der Waals surface area contributed by atoms with E-state index < -0.39 is 29.3 Å². The fourth-order valence-corrected chi connectivity index (χ4v) is 2.59. The Hall–Kier alpha value is -3.66. The van der Waals surface area contributed by atoms with Crippen molar-refractivity contribution in [1.29, 1.82) is 0 Å². The van der Waals surface area contributed by atoms with Crippen LogP contribution in [0.1, 0.15) is 28.8 Å². The number of aryl methyl sites for hydroxylation is 1. The smallest absolute Gasteiger partial charge is 0.306 e. The molecule has 2 aromatic rings. The zero-order chi connectivity index (χ0) is 22.8. The molecule has 0 unspecified atom stereocenters. The summed E-state index contributed by atoms with van der Waals surface area (Å²) in [5.74, 6) is -1.34. The summed E-state index contributed by atoms with van der Waals surface area (Å²) in [6, 6.07) is 10.0. The van der Waals surface area contributed by atoms with Gasteiger partial charge in [0.1, 0.15) is 5.75 Å². The molecule has 0 aliphatic rings. The number of nitro groups is 1. The summed E-state index contributed by atoms with van der Waals surface area (Å²) in [4.78, 5) is 45.3. The van der Waals surface area contributed by atoms with Crippen LogP contribution in [0.3, 0.4) is 0 Å². The molecule has 2 rings (SSSR count). The average Bonchev–Trinajstić information content (AvgIpc) is 2.74. The molecule has 11 heteroatoms. The molecule has 164 valence electrons. The van der Waals surface area contributed by atoms with Gasteiger partial charge in [0.05, 0.1) is 11.5 Å². The maximum atomic E-state index is 11.9. The van der Waals surface area contributed by atoms with Crippen LogP contribution in [0, 0.1) is 17.0 Å². The SMILES string of the molecule is Cc1cc(Cl)ccc1OCCCC(=O)OCC(=O)NNC(=O)c1ccc([N+](=O)[O-])cc1. The highest BCUT2D eigenvalue weighted by molar-refractivity contribution is 6.30. The molecule has 0 spiro atoms. The van der Waals surface area contributed by atoms with Crippen LogP contribution in [0.4, 0.5) is 5.69 Å². The van der Waals surface area contributed by atoms with Gasteiger partial charge in [-0.25, -0.2) is 0 Å². The Bertz CT molecular complexity index is 964. The second kappa shape index (κ2) is 11.5. The topological polar surface area (TPSA) is 137 Å². The molecule has 2 N–H and O–H groups in total. The fourth-order valence-electron chi connectivity index (χ4n) is 2.36. The van der Waals surface area contributed by atoms with Crippen LogP contribution in [0.15, 0.2) is 42.5 Å². The minimum absolute atomic E-state index is 0.0507. The number of hydrogen-bond donors (Lipinski definition) is 2. The van der Waals surface area contributed by atoms with Gasteiger partial charge in [0.15, 0.2) is 6.61 Å². The minimum Gasteiger partial charge on any atom is -0.493 e. The van der Waals surface area contributed by atoms with E-state index in [2.05, 4.69) is 10.9 Å². The molecule has 0 bridgehead atoms. The molecule has 10 nitrogen and oxygen atoms in total. The highest BCUT2D eigenvalue weighted by atomic mass is 35.5. The van der Waals surface area contributed by atoms with Crippen LogP contribution in [0.2, 0.25) is 5.02 Å². The van der Waals surface area contributed by atoms with Crippen molar-refractivity contribution >= 4 is 35.1 Å². The van der Waals surface area contributed by atoms with Crippen LogP contribution < -0.4 is 15.6 Å². The lowest BCUT2D eigenvalue weighted by Crippen LogP contribution is -2.43. The van der Waals surface area contributed by atoms with Crippen molar-refractivity contribution in [3.63, 3.8) is 0 Å². The number of esters is 1. The number of amides is 2. The van der Waals surface area contributed by atoms with Crippen molar-refractivity contribution in [3.8, 4) is 5.75 Å². The summed E-state index contributed by atoms with van der Waals surface area (Å²) in [5.41, 5.74) is 5.03. The lowest BCUT2D eigenvalue weighted by atomic mass is 10.2. The van der Waals surface area contributed by atoms with Crippen molar-refractivity contribution < 1.29 is 28.8 Å². The number of benzene rings is 2. The zero-order valence-electron chi connectivity index (χ0n) is 16.6. The second-order valence-electron chi connectivity index (χ2n) is 6.33. The van der Waals surface area contributed by atoms with Crippen LogP contribution in [0.5, 0.6) is 5.75 Å². The van der Waals surface area contributed by atoms with Gasteiger partial charge in [-0.2, -0.15) is 0 Å². The average molecular weight is 450 g/mol. The maximum Gasteiger partial charge on any atom is 0.306 e. The number of hydrogen-bond acceptors (Lipinski definition) is 7. The van der Waals surface area contributed by atoms with Gasteiger partial charge in [0.25, 0.3) is 17.5 Å². The Balaban J connectivity index is 1.62. The number of hydrazine groups is 1. The third kappa shape index (κ3) is 7.94. The molecular weight excluding hydrogens is 430 g/mol. The number of carbonyl (C=O) groups is 3. The number of nitrogens with one attached hydrogen (secondary N) is 2. The number of carbonyl (C=O) groups excluding carboxylic acids is 3. The number of nitrogens with zero attached hydrogens (tertiary/aromatic N) is 1. The van der Waals surface area contributed by atoms with Crippen molar-refractivity contribution in [2.75, 3.05) is 13.2 Å². The molecule has 0 saturated carbocycles. The summed E-state index contributed by atoms with van der Waals surface area (Å²) in [6.07, 6.45) is 0.439. The number of non-ortho nitro benzene ring substituents is 1. The Morgan fingerprint density at radius 1 is 1.10 bits per heavy atom. The molecule has 0 aliphatic carbocycles. The Kier molecular flexibility index (Phi) is 8.77. The third-order valence-corrected chi connectivity index (χ3v) is 4.17. The molecule has 0 heterocycles. The Labute approximate surface area is 182 Å². The third-order valence-electron chi connectivity index (χ3n) is 3.94. The normalized spacial score (nSPS) is 10.1. The lowest BCUT2D eigenvalue weighted by Gasteiger charge is -2.10. The molecule has 0 saturated heterocycles. The summed E-state index contributed by atoms with van der Waals surface area (Å²) < 4.78 is 10.4. The van der Waals surface area contributed by atoms with E-state index in [1.54, 1.807) is 18.2 Å². The van der Waals surface area contributed by atoms with Gasteiger partial charge in [0, 0.05) is 29.1 Å². The summed E-state index contributed by atoms with van der Waals surface area (Å²) >= 11 is 5.87. The Morgan fingerprint density at radius 3 is 2.45 bits per heavy atom. The first-order valence-corrected chi connectivity index (χ1v) is 9.52. The number of rotatable bonds is 9. The van der Waals surface area contributed by atoms with E-state index in [0.29, 0.717) is 17.2 Å². The summed E-state index contributed by atoms with van der Waals surface area (Å²) in [5, 5.41) is 11.2. The predicted octanol–water partition coefficient (Wildman–Crippen LogP) is 2.72. The number of halogens is 1. The largest absolute Gasteiger partial charge is 0.493 e. The standard InChI is InChI=1S/C20H20ClN3O7/c1-13-11-15(21)6-9-17(13)30-10-2-3-19(26)31-12-18(25)22-23-20(27)14-4-7-16(8-5-14)24(28)29/h4-9,11H,2-3,10,12H2,1H3,(H,22,25)(H,23,27). The van der Waals surface area contributed by atoms with Crippen LogP contribution in [-0.2, 0) is 14.3 Å². The lowest BCUT2D eigenvalue weighted by molar-refractivity contribution is -0.384. The van der Waals surface area contributed by atoms with Gasteiger partial charge in [-0.15, -0.1) is 0 Å². The van der Waals surface area contributed by atoms with Gasteiger partial charge < -0.3 is 9.47 Å². The highest BCUT2D eigenvalue weighted by Crippen LogP contribution is 2.21. The quantitative estimate of drug-likeness (QED) is 0.260. The van der Waals surface area contributed by atoms with Gasteiger partial charge >= 0.3 is 5.97 Å². The van der Waals surface area contributed by atoms with E-state index in [4.69, 9.17) is 21.1 Å². The second-order valence-corrected chi connectivity index (χ2v) is 6.77. The molecule has 0 fully saturated rings. The minimum atomic E-state index is -0.739. The first-order valence-electron chi connectivity index (χ1n) is 9.14. The molecule has 2 amide bonds. The van der Waals surface area contributed by atoms with Crippen LogP contribution >= 0.6 is 11.6 Å². The highest BCUT2D eigenvalue weighted by Gasteiger charge is 2.12. The summed E-state index contributed by atoms with van der Waals surface area (Å²) in [7, 11) is 0. The van der Waals surface area contributed by atoms with Crippen LogP contribution in [-0.4, -0.2) is 35.9 Å². The van der Waals surface area contributed by atoms with E-state index in [-0.39, 0.29) is 24.3 Å². The van der Waals surface area contributed by atoms with Gasteiger partial charge in [-0.3, -0.25) is 35.3 Å². The van der Waals surface area contributed by atoms with E-state index in [1.165, 1.54) is 12.1 Å². The molecule has 0 aromatic heterocycles. The van der Waals surface area contributed by atoms with E-state index in [9.17, 15) is 24.5 Å². The molecule has 0 radical (unpaired) electrons. The monoisotopic (exact) mass is 449 g/mol. The van der Waals surface area contributed by atoms with E-state index >= 15 is 0 Å². The first-order chi connectivity index (χ1) is 14.8. The predicted molar refractivity (Wildman–Crippen MR) is 111 cm³/mol. The van der Waals surface area contributed by atoms with E-state index in [0.717, 1.165) is 17.7 Å². The number of nitro benzene ring substituents is 1. The molecule has 2 aromatic carbocycles. The molecule has 0 aliphatic heterocycles. The fraction of sp³-hybridized carbons (Fsp3) is 0.250. The van der Waals surface area contributed by atoms with Crippen molar-refractivity contribution in [1.82, 2.24) is 10.9 Å². The maximum absolute atomic E-state index is 11.9. The van der Waals surface area contributed by atoms with Crippen LogP contribution in [0.25, 0.3) is 0 Å². The van der Waals surface area contributed by atoms with Gasteiger partial charge in [0.2, 0.25) is 0 Å². The first kappa shape index (κ1) is 23.6. The zero-order valence-corrected chi connectivity index (χ0v) is 17.3. The van der Waals surface area contributed by atoms with E-state index in [1.807, 2.05) is 6.92 Å². The molecule has 31 heavy (non-hydrogen) atoms. The molecule has 0 atom stereocenters. The van der Waals surface area contributed by atoms with Crippen molar-refractivity contribution in [2.45, 2.75) is 19.8 Å². The Morgan fingerprint density at radius 2 is 1.81 bits per heavy atom. The number of ether oxygens (including phenoxy) is 2. The molecular formula is C20H20ClN3O7.